The average Bonchev–Trinajstić information content (AvgIpc) is 3.05. The number of para-hydroxylation sites is 1. The van der Waals surface area contributed by atoms with E-state index < -0.39 is 0 Å². The molecule has 0 atom stereocenters. The average molecular weight is 349 g/mol. The second-order valence-electron chi connectivity index (χ2n) is 6.40. The topological polar surface area (TPSA) is 75.4 Å². The second kappa shape index (κ2) is 7.00. The summed E-state index contributed by atoms with van der Waals surface area (Å²) in [6.45, 7) is 0.723. The van der Waals surface area contributed by atoms with E-state index in [-0.39, 0.29) is 18.2 Å². The molecule has 0 saturated carbocycles. The van der Waals surface area contributed by atoms with Crippen LogP contribution in [0.15, 0.2) is 53.1 Å². The van der Waals surface area contributed by atoms with Crippen LogP contribution in [-0.2, 0) is 16.0 Å². The highest BCUT2D eigenvalue weighted by Gasteiger charge is 2.20. The number of amides is 2. The van der Waals surface area contributed by atoms with Gasteiger partial charge >= 0.3 is 0 Å². The van der Waals surface area contributed by atoms with E-state index in [9.17, 15) is 9.59 Å². The van der Waals surface area contributed by atoms with E-state index in [1.54, 1.807) is 4.90 Å². The minimum Gasteiger partial charge on any atom is -0.356 e. The van der Waals surface area contributed by atoms with Gasteiger partial charge in [0.25, 0.3) is 0 Å². The molecule has 6 heteroatoms. The van der Waals surface area contributed by atoms with Crippen LogP contribution < -0.4 is 10.2 Å². The third-order valence-corrected chi connectivity index (χ3v) is 4.55. The number of fused-ring (bicyclic) bond motifs is 1. The van der Waals surface area contributed by atoms with Crippen molar-refractivity contribution in [1.29, 1.82) is 0 Å². The predicted octanol–water partition coefficient (Wildman–Crippen LogP) is 3.53. The van der Waals surface area contributed by atoms with Gasteiger partial charge in [-0.05, 0) is 43.2 Å². The molecule has 0 spiro atoms. The van der Waals surface area contributed by atoms with Gasteiger partial charge in [0.2, 0.25) is 11.8 Å². The highest BCUT2D eigenvalue weighted by atomic mass is 16.5. The lowest BCUT2D eigenvalue weighted by atomic mass is 10.1. The number of benzene rings is 2. The molecule has 1 aliphatic heterocycles. The number of anilines is 2. The zero-order valence-corrected chi connectivity index (χ0v) is 14.3. The third kappa shape index (κ3) is 3.31. The maximum absolute atomic E-state index is 12.4. The monoisotopic (exact) mass is 349 g/mol. The van der Waals surface area contributed by atoms with Crippen molar-refractivity contribution in [2.45, 2.75) is 25.7 Å². The van der Waals surface area contributed by atoms with E-state index >= 15 is 0 Å². The molecule has 1 N–H and O–H groups in total. The molecular weight excluding hydrogens is 330 g/mol. The third-order valence-electron chi connectivity index (χ3n) is 4.55. The summed E-state index contributed by atoms with van der Waals surface area (Å²) in [5.41, 5.74) is 2.76. The lowest BCUT2D eigenvalue weighted by Crippen LogP contribution is -2.35. The van der Waals surface area contributed by atoms with Gasteiger partial charge in [0.15, 0.2) is 5.58 Å². The molecule has 2 aromatic carbocycles. The van der Waals surface area contributed by atoms with Crippen molar-refractivity contribution in [2.24, 2.45) is 0 Å². The van der Waals surface area contributed by atoms with Crippen molar-refractivity contribution in [3.05, 3.63) is 54.2 Å². The van der Waals surface area contributed by atoms with E-state index in [0.29, 0.717) is 23.4 Å². The molecule has 0 bridgehead atoms. The quantitative estimate of drug-likeness (QED) is 0.782. The van der Waals surface area contributed by atoms with Crippen molar-refractivity contribution in [2.75, 3.05) is 16.8 Å². The summed E-state index contributed by atoms with van der Waals surface area (Å²) >= 11 is 0. The van der Waals surface area contributed by atoms with Crippen molar-refractivity contribution >= 4 is 34.2 Å². The van der Waals surface area contributed by atoms with Gasteiger partial charge in [-0.3, -0.25) is 9.59 Å². The number of hydrogen-bond acceptors (Lipinski definition) is 4. The van der Waals surface area contributed by atoms with Gasteiger partial charge in [-0.25, -0.2) is 0 Å². The smallest absolute Gasteiger partial charge is 0.230 e. The summed E-state index contributed by atoms with van der Waals surface area (Å²) in [4.78, 5) is 26.3. The molecule has 132 valence electrons. The molecule has 1 aromatic heterocycles. The number of nitrogens with one attached hydrogen (secondary N) is 1. The zero-order chi connectivity index (χ0) is 17.9. The van der Waals surface area contributed by atoms with E-state index in [4.69, 9.17) is 4.52 Å². The maximum atomic E-state index is 12.4. The number of piperidine rings is 1. The molecule has 1 saturated heterocycles. The minimum atomic E-state index is -0.175. The molecule has 2 amide bonds. The van der Waals surface area contributed by atoms with Crippen LogP contribution in [0.3, 0.4) is 0 Å². The Morgan fingerprint density at radius 1 is 1.15 bits per heavy atom. The van der Waals surface area contributed by atoms with Gasteiger partial charge < -0.3 is 14.7 Å². The minimum absolute atomic E-state index is 0.129. The molecule has 4 rings (SSSR count). The number of hydrogen-bond donors (Lipinski definition) is 1. The summed E-state index contributed by atoms with van der Waals surface area (Å²) in [5.74, 6) is -0.0417. The summed E-state index contributed by atoms with van der Waals surface area (Å²) < 4.78 is 5.24. The first kappa shape index (κ1) is 16.3. The highest BCUT2D eigenvalue weighted by Crippen LogP contribution is 2.24. The van der Waals surface area contributed by atoms with Crippen molar-refractivity contribution < 1.29 is 14.1 Å². The fourth-order valence-corrected chi connectivity index (χ4v) is 3.25. The van der Waals surface area contributed by atoms with Crippen molar-refractivity contribution in [3.8, 4) is 0 Å². The number of carbonyl (C=O) groups excluding carboxylic acids is 2. The first-order valence-electron chi connectivity index (χ1n) is 8.74. The van der Waals surface area contributed by atoms with Gasteiger partial charge in [-0.15, -0.1) is 0 Å². The van der Waals surface area contributed by atoms with Crippen LogP contribution in [0.25, 0.3) is 11.0 Å². The second-order valence-corrected chi connectivity index (χ2v) is 6.40. The maximum Gasteiger partial charge on any atom is 0.230 e. The van der Waals surface area contributed by atoms with Crippen LogP contribution in [0.2, 0.25) is 0 Å². The largest absolute Gasteiger partial charge is 0.356 e. The van der Waals surface area contributed by atoms with Gasteiger partial charge in [-0.1, -0.05) is 23.4 Å². The molecule has 0 aliphatic carbocycles. The summed E-state index contributed by atoms with van der Waals surface area (Å²) in [6, 6.07) is 14.9. The highest BCUT2D eigenvalue weighted by molar-refractivity contribution is 5.97. The molecule has 0 radical (unpaired) electrons. The lowest BCUT2D eigenvalue weighted by Gasteiger charge is -2.27. The standard InChI is InChI=1S/C20H19N3O3/c24-19(13-17-16-8-1-2-9-18(16)26-22-17)21-14-6-5-7-15(12-14)23-11-4-3-10-20(23)25/h1-2,5-9,12H,3-4,10-11,13H2,(H,21,24). The first-order chi connectivity index (χ1) is 12.7. The van der Waals surface area contributed by atoms with Crippen LogP contribution in [0.4, 0.5) is 11.4 Å². The van der Waals surface area contributed by atoms with E-state index in [1.807, 2.05) is 48.5 Å². The number of nitrogens with zero attached hydrogens (tertiary/aromatic N) is 2. The fraction of sp³-hybridized carbons (Fsp3) is 0.250. The predicted molar refractivity (Wildman–Crippen MR) is 99.0 cm³/mol. The van der Waals surface area contributed by atoms with Crippen LogP contribution in [0, 0.1) is 0 Å². The van der Waals surface area contributed by atoms with Crippen molar-refractivity contribution in [3.63, 3.8) is 0 Å². The molecule has 1 fully saturated rings. The number of aromatic nitrogens is 1. The Morgan fingerprint density at radius 2 is 2.04 bits per heavy atom. The number of carbonyl (C=O) groups is 2. The van der Waals surface area contributed by atoms with E-state index in [2.05, 4.69) is 10.5 Å². The van der Waals surface area contributed by atoms with Gasteiger partial charge in [0.05, 0.1) is 6.42 Å². The Kier molecular flexibility index (Phi) is 4.39. The molecule has 2 heterocycles. The van der Waals surface area contributed by atoms with Crippen LogP contribution in [-0.4, -0.2) is 23.5 Å². The molecular formula is C20H19N3O3. The Morgan fingerprint density at radius 3 is 2.92 bits per heavy atom. The summed E-state index contributed by atoms with van der Waals surface area (Å²) in [7, 11) is 0. The van der Waals surface area contributed by atoms with Crippen molar-refractivity contribution in [1.82, 2.24) is 5.16 Å². The zero-order valence-electron chi connectivity index (χ0n) is 14.3. The van der Waals surface area contributed by atoms with E-state index in [0.717, 1.165) is 30.5 Å². The molecule has 0 unspecified atom stereocenters. The Balaban J connectivity index is 1.47. The summed E-state index contributed by atoms with van der Waals surface area (Å²) in [5, 5.41) is 7.71. The fourth-order valence-electron chi connectivity index (χ4n) is 3.25. The SMILES string of the molecule is O=C(Cc1noc2ccccc12)Nc1cccc(N2CCCCC2=O)c1. The van der Waals surface area contributed by atoms with Crippen LogP contribution >= 0.6 is 0 Å². The lowest BCUT2D eigenvalue weighted by molar-refractivity contribution is -0.119. The molecule has 6 nitrogen and oxygen atoms in total. The summed E-state index contributed by atoms with van der Waals surface area (Å²) in [6.07, 6.45) is 2.65. The Hall–Kier alpha value is -3.15. The molecule has 3 aromatic rings. The van der Waals surface area contributed by atoms with Gasteiger partial charge in [0, 0.05) is 29.7 Å². The van der Waals surface area contributed by atoms with Gasteiger partial charge in [-0.2, -0.15) is 0 Å². The Labute approximate surface area is 150 Å². The van der Waals surface area contributed by atoms with Crippen LogP contribution in [0.5, 0.6) is 0 Å². The first-order valence-corrected chi connectivity index (χ1v) is 8.74. The molecule has 26 heavy (non-hydrogen) atoms. The van der Waals surface area contributed by atoms with Gasteiger partial charge in [0.1, 0.15) is 5.69 Å². The van der Waals surface area contributed by atoms with E-state index in [1.165, 1.54) is 0 Å². The van der Waals surface area contributed by atoms with Crippen LogP contribution in [0.1, 0.15) is 25.0 Å². The normalized spacial score (nSPS) is 14.6. The molecule has 1 aliphatic rings. The number of rotatable bonds is 4. The Bertz CT molecular complexity index is 964.